The third kappa shape index (κ3) is 21.5. The van der Waals surface area contributed by atoms with Crippen LogP contribution in [0, 0.1) is 41.4 Å². The molecule has 1 heterocycles. The zero-order valence-corrected chi connectivity index (χ0v) is 56.2. The van der Waals surface area contributed by atoms with E-state index < -0.39 is 137 Å². The lowest BCUT2D eigenvalue weighted by Crippen LogP contribution is -2.61. The maximum absolute atomic E-state index is 15.1. The predicted molar refractivity (Wildman–Crippen MR) is 331 cm³/mol. The van der Waals surface area contributed by atoms with Crippen molar-refractivity contribution in [1.29, 1.82) is 0 Å². The molecule has 1 rings (SSSR count). The zero-order valence-electron chi connectivity index (χ0n) is 56.2. The van der Waals surface area contributed by atoms with E-state index in [1.165, 1.54) is 87.7 Å². The number of amides is 11. The minimum Gasteiger partial charge on any atom is -0.343 e. The fourth-order valence-electron chi connectivity index (χ4n) is 10.7. The lowest BCUT2D eigenvalue weighted by atomic mass is 9.93. The van der Waals surface area contributed by atoms with Gasteiger partial charge < -0.3 is 55.6 Å². The number of hydrogen-bond donors (Lipinski definition) is 4. The van der Waals surface area contributed by atoms with E-state index in [0.29, 0.717) is 6.42 Å². The lowest BCUT2D eigenvalue weighted by Gasteiger charge is -2.41. The number of nitrogens with one attached hydrogen (secondary N) is 4. The molecule has 85 heavy (non-hydrogen) atoms. The van der Waals surface area contributed by atoms with Crippen LogP contribution in [0.1, 0.15) is 163 Å². The van der Waals surface area contributed by atoms with Crippen LogP contribution in [0.3, 0.4) is 0 Å². The first kappa shape index (κ1) is 76.7. The van der Waals surface area contributed by atoms with Crippen LogP contribution in [0.4, 0.5) is 0 Å². The Morgan fingerprint density at radius 1 is 0.435 bits per heavy atom. The van der Waals surface area contributed by atoms with Gasteiger partial charge in [-0.15, -0.1) is 0 Å². The highest BCUT2D eigenvalue weighted by molar-refractivity contribution is 6.02. The molecule has 11 amide bonds. The molecular formula is C63H111N11O11. The highest BCUT2D eigenvalue weighted by atomic mass is 16.2. The van der Waals surface area contributed by atoms with Crippen molar-refractivity contribution in [2.45, 2.75) is 223 Å². The second kappa shape index (κ2) is 34.7. The monoisotopic (exact) mass is 1200 g/mol. The Bertz CT molecular complexity index is 2370. The highest BCUT2D eigenvalue weighted by Crippen LogP contribution is 2.26. The molecule has 0 aromatic heterocycles. The number of likely N-dealkylation sites (N-methyl/N-ethyl adjacent to an activating group) is 7. The third-order valence-corrected chi connectivity index (χ3v) is 16.1. The summed E-state index contributed by atoms with van der Waals surface area (Å²) < 4.78 is 0. The Hall–Kier alpha value is -6.35. The topological polar surface area (TPSA) is 259 Å². The molecule has 0 aliphatic carbocycles. The number of carbonyl (C=O) groups is 11. The maximum Gasteiger partial charge on any atom is 0.270 e. The Balaban J connectivity index is 4.33. The number of hydrogen-bond acceptors (Lipinski definition) is 11. The summed E-state index contributed by atoms with van der Waals surface area (Å²) in [5.41, 5.74) is -0.312. The van der Waals surface area contributed by atoms with Gasteiger partial charge in [0.25, 0.3) is 5.91 Å². The number of carbonyl (C=O) groups excluding carboxylic acids is 11. The summed E-state index contributed by atoms with van der Waals surface area (Å²) in [5.74, 6) is -8.86. The van der Waals surface area contributed by atoms with Gasteiger partial charge in [-0.2, -0.15) is 0 Å². The highest BCUT2D eigenvalue weighted by Gasteiger charge is 2.44. The fraction of sp³-hybridized carbons (Fsp3) is 0.762. The summed E-state index contributed by atoms with van der Waals surface area (Å²) in [6.45, 7) is 34.4. The van der Waals surface area contributed by atoms with Crippen molar-refractivity contribution in [3.63, 3.8) is 0 Å². The lowest BCUT2D eigenvalue weighted by molar-refractivity contribution is -0.156. The summed E-state index contributed by atoms with van der Waals surface area (Å²) in [6, 6.07) is -11.7. The van der Waals surface area contributed by atoms with Crippen molar-refractivity contribution >= 4 is 65.0 Å². The Kier molecular flexibility index (Phi) is 31.3. The number of nitrogens with zero attached hydrogens (tertiary/aromatic N) is 7. The zero-order chi connectivity index (χ0) is 66.0. The van der Waals surface area contributed by atoms with Gasteiger partial charge in [-0.05, 0) is 107 Å². The molecule has 1 saturated heterocycles. The first-order valence-electron chi connectivity index (χ1n) is 30.6. The van der Waals surface area contributed by atoms with Crippen molar-refractivity contribution in [2.24, 2.45) is 41.4 Å². The smallest absolute Gasteiger partial charge is 0.270 e. The molecule has 0 aromatic rings. The molecule has 0 saturated carbocycles. The second-order valence-corrected chi connectivity index (χ2v) is 26.1. The number of allylic oxidation sites excluding steroid dienone is 2. The molecule has 0 aromatic carbocycles. The first-order chi connectivity index (χ1) is 39.2. The van der Waals surface area contributed by atoms with Crippen LogP contribution >= 0.6 is 0 Å². The molecule has 1 fully saturated rings. The molecule has 484 valence electrons. The molecule has 0 radical (unpaired) electrons. The van der Waals surface area contributed by atoms with Crippen LogP contribution in [-0.4, -0.2) is 209 Å². The van der Waals surface area contributed by atoms with Crippen molar-refractivity contribution in [3.05, 3.63) is 24.4 Å². The molecule has 0 unspecified atom stereocenters. The van der Waals surface area contributed by atoms with Crippen molar-refractivity contribution in [2.75, 3.05) is 49.3 Å². The van der Waals surface area contributed by atoms with Gasteiger partial charge in [-0.1, -0.05) is 116 Å². The molecule has 11 atom stereocenters. The molecule has 4 N–H and O–H groups in total. The molecule has 0 bridgehead atoms. The van der Waals surface area contributed by atoms with E-state index in [1.807, 2.05) is 81.4 Å². The van der Waals surface area contributed by atoms with E-state index in [1.54, 1.807) is 34.6 Å². The van der Waals surface area contributed by atoms with E-state index in [-0.39, 0.29) is 73.8 Å². The quantitative estimate of drug-likeness (QED) is 0.128. The summed E-state index contributed by atoms with van der Waals surface area (Å²) in [7, 11) is 10.1. The van der Waals surface area contributed by atoms with Crippen LogP contribution in [0.25, 0.3) is 0 Å². The SMILES string of the molecule is C=C1C(=O)N(C)[C@@H](CC(C)C)C(=O)N[C@H](C(C)C)C(=O)N(C)[C@H](CC(C)C)C(=O)N[C@H](C)C(=O)N[C@@H](C)C(=O)N(C)[C@@H](CC(C)C)C(=O)N(C)[C@H](CC(C)C)C(=O)N(C)[C@H](C(C)C)C(=O)N(C)[C@H](C[C@H](C)C/C=C/C)C(=O)N[C@H](CC)C(=O)N1C. The van der Waals surface area contributed by atoms with Gasteiger partial charge in [0.05, 0.1) is 0 Å². The second-order valence-electron chi connectivity index (χ2n) is 26.1. The molecule has 1 aliphatic heterocycles. The van der Waals surface area contributed by atoms with Gasteiger partial charge in [-0.3, -0.25) is 52.7 Å². The number of rotatable bonds is 15. The van der Waals surface area contributed by atoms with Gasteiger partial charge in [-0.25, -0.2) is 0 Å². The average Bonchev–Trinajstić information content (AvgIpc) is 3.37. The van der Waals surface area contributed by atoms with E-state index in [2.05, 4.69) is 27.8 Å². The minimum absolute atomic E-state index is 0.0617. The third-order valence-electron chi connectivity index (χ3n) is 16.1. The Morgan fingerprint density at radius 3 is 1.27 bits per heavy atom. The first-order valence-corrected chi connectivity index (χ1v) is 30.6. The van der Waals surface area contributed by atoms with Gasteiger partial charge in [0.1, 0.15) is 66.1 Å². The molecular weight excluding hydrogens is 1090 g/mol. The van der Waals surface area contributed by atoms with E-state index in [0.717, 1.165) is 9.80 Å². The van der Waals surface area contributed by atoms with Crippen LogP contribution in [-0.2, 0) is 52.7 Å². The summed E-state index contributed by atoms with van der Waals surface area (Å²) in [5, 5.41) is 11.1. The minimum atomic E-state index is -1.22. The van der Waals surface area contributed by atoms with E-state index in [9.17, 15) is 43.2 Å². The summed E-state index contributed by atoms with van der Waals surface area (Å²) in [4.78, 5) is 169. The molecule has 0 spiro atoms. The van der Waals surface area contributed by atoms with Gasteiger partial charge in [0, 0.05) is 49.3 Å². The van der Waals surface area contributed by atoms with Crippen molar-refractivity contribution < 1.29 is 52.7 Å². The van der Waals surface area contributed by atoms with Gasteiger partial charge in [0.2, 0.25) is 59.1 Å². The average molecular weight is 1200 g/mol. The van der Waals surface area contributed by atoms with Crippen molar-refractivity contribution in [1.82, 2.24) is 55.6 Å². The van der Waals surface area contributed by atoms with E-state index >= 15 is 9.59 Å². The Labute approximate surface area is 509 Å². The van der Waals surface area contributed by atoms with Crippen LogP contribution in [0.5, 0.6) is 0 Å². The van der Waals surface area contributed by atoms with Crippen molar-refractivity contribution in [3.8, 4) is 0 Å². The molecule has 22 heteroatoms. The largest absolute Gasteiger partial charge is 0.343 e. The predicted octanol–water partition coefficient (Wildman–Crippen LogP) is 4.81. The molecule has 1 aliphatic rings. The Morgan fingerprint density at radius 2 is 0.824 bits per heavy atom. The van der Waals surface area contributed by atoms with Crippen LogP contribution < -0.4 is 21.3 Å². The summed E-state index contributed by atoms with van der Waals surface area (Å²) in [6.07, 6.45) is 5.26. The van der Waals surface area contributed by atoms with Gasteiger partial charge in [0.15, 0.2) is 0 Å². The molecule has 22 nitrogen and oxygen atoms in total. The maximum atomic E-state index is 15.1. The summed E-state index contributed by atoms with van der Waals surface area (Å²) >= 11 is 0. The standard InChI is InChI=1S/C63H111N11O11/c1-26-28-29-41(15)34-48-55(77)66-45(27-2)59(81)68(19)44(18)58(80)69(20)47(31-36(5)6)56(78)67-51(39(11)12)62(84)70(21)46(30-35(3)4)54(76)64-42(16)53(75)65-43(17)57(79)72(23)49(32-37(7)8)60(82)73(24)50(33-38(9)10)61(83)74(25)52(40(13)14)63(85)71(48)22/h26,28,35-43,45-52H,18,27,29-34H2,1-17,19-25H3,(H,64,76)(H,65,75)(H,66,77)(H,67,78)/b28-26+/t41-,42-,43+,45-,46-,47+,48-,49+,50-,51-,52-/m1/s1. The normalized spacial score (nSPS) is 26.5. The van der Waals surface area contributed by atoms with Gasteiger partial charge >= 0.3 is 0 Å². The van der Waals surface area contributed by atoms with Crippen LogP contribution in [0.15, 0.2) is 24.4 Å². The van der Waals surface area contributed by atoms with Crippen LogP contribution in [0.2, 0.25) is 0 Å². The fourth-order valence-corrected chi connectivity index (χ4v) is 10.7. The van der Waals surface area contributed by atoms with E-state index in [4.69, 9.17) is 0 Å².